The molecule has 60 valence electrons. The second-order valence-electron chi connectivity index (χ2n) is 1.08. The Hall–Kier alpha value is 0.853. The Kier molecular flexibility index (Phi) is 36.9. The van der Waals surface area contributed by atoms with Crippen LogP contribution in [0.3, 0.4) is 0 Å². The molecule has 0 aliphatic heterocycles. The van der Waals surface area contributed by atoms with Gasteiger partial charge in [0.2, 0.25) is 0 Å². The molecule has 1 aromatic rings. The third kappa shape index (κ3) is 11.6. The summed E-state index contributed by atoms with van der Waals surface area (Å²) < 4.78 is 0. The molecule has 0 saturated carbocycles. The van der Waals surface area contributed by atoms with Gasteiger partial charge in [-0.2, -0.15) is 46.3 Å². The zero-order chi connectivity index (χ0) is 4.24. The Bertz CT molecular complexity index is 87.7. The monoisotopic (exact) mass is 284 g/mol. The average molecular weight is 285 g/mol. The fourth-order valence-corrected chi connectivity index (χ4v) is 0.342. The molecule has 1 rings (SSSR count). The third-order valence-electron chi connectivity index (χ3n) is 0.607. The van der Waals surface area contributed by atoms with Gasteiger partial charge in [-0.25, -0.2) is 0 Å². The van der Waals surface area contributed by atoms with Crippen molar-refractivity contribution in [3.05, 3.63) is 36.4 Å². The van der Waals surface area contributed by atoms with E-state index in [2.05, 4.69) is 6.07 Å². The summed E-state index contributed by atoms with van der Waals surface area (Å²) in [5, 5.41) is 0. The summed E-state index contributed by atoms with van der Waals surface area (Å²) in [6, 6.07) is 12.5. The third-order valence-corrected chi connectivity index (χ3v) is 0.607. The maximum atomic E-state index is 2.89. The molecule has 0 nitrogen and oxygen atoms in total. The van der Waals surface area contributed by atoms with E-state index in [0.717, 1.165) is 0 Å². The number of rotatable bonds is 0. The standard InChI is InChI=1S/C6H5.2ClH.H3P.Rh/c1-2-4-6-5-3-1;;;;/h1-5H;2*1H;1H3;/q-1;;;;+3/p-2. The first kappa shape index (κ1) is 22.4. The average Bonchev–Trinajstić information content (AvgIpc) is 1.72. The predicted molar refractivity (Wildman–Crippen MR) is 36.4 cm³/mol. The van der Waals surface area contributed by atoms with Crippen molar-refractivity contribution in [2.75, 3.05) is 0 Å². The summed E-state index contributed by atoms with van der Waals surface area (Å²) in [4.78, 5) is 0. The molecule has 0 aliphatic rings. The molecule has 1 atom stereocenters. The van der Waals surface area contributed by atoms with Crippen molar-refractivity contribution in [1.29, 1.82) is 0 Å². The molecule has 0 aliphatic carbocycles. The van der Waals surface area contributed by atoms with Gasteiger partial charge in [0.05, 0.1) is 0 Å². The van der Waals surface area contributed by atoms with Crippen LogP contribution in [0.4, 0.5) is 0 Å². The topological polar surface area (TPSA) is 0 Å². The largest absolute Gasteiger partial charge is 3.00 e. The Labute approximate surface area is 90.4 Å². The SMILES string of the molecule is P.[Cl-].[Cl-].[Rh+3].[c-]1ccccc1. The van der Waals surface area contributed by atoms with Gasteiger partial charge in [-0.3, -0.25) is 0 Å². The molecule has 0 N–H and O–H groups in total. The van der Waals surface area contributed by atoms with Gasteiger partial charge in [0.15, 0.2) is 0 Å². The molecule has 1 aromatic carbocycles. The number of benzene rings is 1. The van der Waals surface area contributed by atoms with Crippen LogP contribution < -0.4 is 24.8 Å². The zero-order valence-corrected chi connectivity index (χ0v) is 9.75. The smallest absolute Gasteiger partial charge is 1.00 e. The van der Waals surface area contributed by atoms with Gasteiger partial charge in [0, 0.05) is 0 Å². The molecule has 10 heavy (non-hydrogen) atoms. The van der Waals surface area contributed by atoms with Crippen molar-refractivity contribution in [3.63, 3.8) is 0 Å². The molecule has 0 aromatic heterocycles. The Morgan fingerprint density at radius 1 is 0.800 bits per heavy atom. The minimum Gasteiger partial charge on any atom is -1.00 e. The molecule has 1 unspecified atom stereocenters. The predicted octanol–water partition coefficient (Wildman–Crippen LogP) is -4.45. The van der Waals surface area contributed by atoms with Gasteiger partial charge in [-0.1, -0.05) is 0 Å². The molecule has 0 fully saturated rings. The van der Waals surface area contributed by atoms with Gasteiger partial charge in [-0.15, -0.1) is 0 Å². The molecular weight excluding hydrogens is 277 g/mol. The van der Waals surface area contributed by atoms with E-state index < -0.39 is 0 Å². The van der Waals surface area contributed by atoms with Crippen molar-refractivity contribution in [2.45, 2.75) is 0 Å². The van der Waals surface area contributed by atoms with Crippen molar-refractivity contribution < 1.29 is 44.3 Å². The van der Waals surface area contributed by atoms with Crippen molar-refractivity contribution in [2.24, 2.45) is 0 Å². The minimum atomic E-state index is 0. The zero-order valence-electron chi connectivity index (χ0n) is 5.18. The van der Waals surface area contributed by atoms with Crippen LogP contribution in [0.25, 0.3) is 0 Å². The van der Waals surface area contributed by atoms with Crippen molar-refractivity contribution in [1.82, 2.24) is 0 Å². The van der Waals surface area contributed by atoms with E-state index in [4.69, 9.17) is 0 Å². The van der Waals surface area contributed by atoms with Gasteiger partial charge in [0.1, 0.15) is 0 Å². The van der Waals surface area contributed by atoms with E-state index >= 15 is 0 Å². The molecule has 0 bridgehead atoms. The molecule has 0 amide bonds. The summed E-state index contributed by atoms with van der Waals surface area (Å²) in [7, 11) is 0. The maximum Gasteiger partial charge on any atom is 3.00 e. The normalized spacial score (nSPS) is 4.80. The van der Waals surface area contributed by atoms with E-state index in [-0.39, 0.29) is 54.2 Å². The molecule has 0 spiro atoms. The molecular formula is C6H8Cl2PRh. The minimum absolute atomic E-state index is 0. The maximum absolute atomic E-state index is 2.89. The van der Waals surface area contributed by atoms with E-state index in [1.165, 1.54) is 0 Å². The van der Waals surface area contributed by atoms with Crippen LogP contribution in [0.1, 0.15) is 0 Å². The van der Waals surface area contributed by atoms with Gasteiger partial charge >= 0.3 is 19.5 Å². The molecule has 0 radical (unpaired) electrons. The van der Waals surface area contributed by atoms with Crippen LogP contribution >= 0.6 is 9.90 Å². The fraction of sp³-hybridized carbons (Fsp3) is 0. The van der Waals surface area contributed by atoms with Crippen LogP contribution in [0.5, 0.6) is 0 Å². The molecule has 0 saturated heterocycles. The Balaban J connectivity index is -0.0000000450. The first-order chi connectivity index (χ1) is 3.00. The Morgan fingerprint density at radius 3 is 1.30 bits per heavy atom. The number of halogens is 2. The number of hydrogen-bond acceptors (Lipinski definition) is 0. The van der Waals surface area contributed by atoms with E-state index in [1.54, 1.807) is 0 Å². The van der Waals surface area contributed by atoms with E-state index in [0.29, 0.717) is 0 Å². The quantitative estimate of drug-likeness (QED) is 0.256. The fourth-order valence-electron chi connectivity index (χ4n) is 0.342. The summed E-state index contributed by atoms with van der Waals surface area (Å²) in [5.74, 6) is 0. The van der Waals surface area contributed by atoms with Crippen LogP contribution in [-0.4, -0.2) is 0 Å². The van der Waals surface area contributed by atoms with Crippen LogP contribution in [0.2, 0.25) is 0 Å². The van der Waals surface area contributed by atoms with Crippen LogP contribution in [-0.2, 0) is 19.5 Å². The second kappa shape index (κ2) is 16.4. The first-order valence-corrected chi connectivity index (χ1v) is 1.91. The summed E-state index contributed by atoms with van der Waals surface area (Å²) >= 11 is 0. The Morgan fingerprint density at radius 2 is 1.20 bits per heavy atom. The summed E-state index contributed by atoms with van der Waals surface area (Å²) in [6.07, 6.45) is 0. The van der Waals surface area contributed by atoms with Crippen molar-refractivity contribution >= 4 is 9.90 Å². The van der Waals surface area contributed by atoms with Gasteiger partial charge in [0.25, 0.3) is 0 Å². The summed E-state index contributed by atoms with van der Waals surface area (Å²) in [5.41, 5.74) is 0. The summed E-state index contributed by atoms with van der Waals surface area (Å²) in [6.45, 7) is 0. The van der Waals surface area contributed by atoms with E-state index in [9.17, 15) is 0 Å². The van der Waals surface area contributed by atoms with E-state index in [1.807, 2.05) is 30.3 Å². The van der Waals surface area contributed by atoms with Crippen molar-refractivity contribution in [3.8, 4) is 0 Å². The van der Waals surface area contributed by atoms with Gasteiger partial charge in [-0.05, 0) is 0 Å². The first-order valence-electron chi connectivity index (χ1n) is 1.91. The number of hydrogen-bond donors (Lipinski definition) is 0. The van der Waals surface area contributed by atoms with Crippen LogP contribution in [0.15, 0.2) is 30.3 Å². The molecule has 4 heteroatoms. The van der Waals surface area contributed by atoms with Gasteiger partial charge < -0.3 is 24.8 Å². The second-order valence-corrected chi connectivity index (χ2v) is 1.08. The molecule has 0 heterocycles. The van der Waals surface area contributed by atoms with Crippen LogP contribution in [0, 0.1) is 6.07 Å².